The molecule has 0 aliphatic rings. The Balaban J connectivity index is 2.63. The Morgan fingerprint density at radius 2 is 2.12 bits per heavy atom. The summed E-state index contributed by atoms with van der Waals surface area (Å²) < 4.78 is 6.88. The van der Waals surface area contributed by atoms with Crippen LogP contribution in [0.15, 0.2) is 22.7 Å². The minimum absolute atomic E-state index is 0.143. The Hall–Kier alpha value is -0.250. The SMILES string of the molecule is CCC(CNC(C)C)Oc1cc(Br)ccc1Cl. The van der Waals surface area contributed by atoms with E-state index in [0.29, 0.717) is 11.1 Å². The van der Waals surface area contributed by atoms with Crippen LogP contribution in [-0.4, -0.2) is 18.7 Å². The normalized spacial score (nSPS) is 12.8. The Labute approximate surface area is 117 Å². The van der Waals surface area contributed by atoms with E-state index < -0.39 is 0 Å². The van der Waals surface area contributed by atoms with Gasteiger partial charge in [0, 0.05) is 17.1 Å². The number of ether oxygens (including phenoxy) is 1. The third-order valence-electron chi connectivity index (χ3n) is 2.40. The minimum Gasteiger partial charge on any atom is -0.488 e. The molecule has 1 atom stereocenters. The Kier molecular flexibility index (Phi) is 6.31. The second kappa shape index (κ2) is 7.24. The largest absolute Gasteiger partial charge is 0.488 e. The van der Waals surface area contributed by atoms with Crippen LogP contribution < -0.4 is 10.1 Å². The first kappa shape index (κ1) is 14.8. The lowest BCUT2D eigenvalue weighted by molar-refractivity contribution is 0.190. The molecular weight excluding hydrogens is 302 g/mol. The van der Waals surface area contributed by atoms with E-state index in [1.807, 2.05) is 18.2 Å². The summed E-state index contributed by atoms with van der Waals surface area (Å²) in [5.41, 5.74) is 0. The molecule has 1 N–H and O–H groups in total. The van der Waals surface area contributed by atoms with Crippen molar-refractivity contribution in [2.75, 3.05) is 6.54 Å². The summed E-state index contributed by atoms with van der Waals surface area (Å²) in [5, 5.41) is 4.02. The molecule has 2 nitrogen and oxygen atoms in total. The summed E-state index contributed by atoms with van der Waals surface area (Å²) in [6.07, 6.45) is 1.09. The zero-order chi connectivity index (χ0) is 12.8. The summed E-state index contributed by atoms with van der Waals surface area (Å²) in [6, 6.07) is 6.11. The van der Waals surface area contributed by atoms with Gasteiger partial charge in [0.2, 0.25) is 0 Å². The maximum atomic E-state index is 6.09. The van der Waals surface area contributed by atoms with Gasteiger partial charge in [0.25, 0.3) is 0 Å². The van der Waals surface area contributed by atoms with Crippen LogP contribution in [-0.2, 0) is 0 Å². The van der Waals surface area contributed by atoms with Crippen molar-refractivity contribution in [3.63, 3.8) is 0 Å². The zero-order valence-corrected chi connectivity index (χ0v) is 12.8. The molecule has 0 bridgehead atoms. The molecule has 1 rings (SSSR count). The molecule has 0 heterocycles. The van der Waals surface area contributed by atoms with Crippen LogP contribution in [0.4, 0.5) is 0 Å². The van der Waals surface area contributed by atoms with Crippen molar-refractivity contribution >= 4 is 27.5 Å². The zero-order valence-electron chi connectivity index (χ0n) is 10.5. The van der Waals surface area contributed by atoms with Gasteiger partial charge in [-0.25, -0.2) is 0 Å². The average Bonchev–Trinajstić information content (AvgIpc) is 2.28. The molecule has 1 aromatic rings. The highest BCUT2D eigenvalue weighted by molar-refractivity contribution is 9.10. The number of rotatable bonds is 6. The highest BCUT2D eigenvalue weighted by atomic mass is 79.9. The van der Waals surface area contributed by atoms with Crippen LogP contribution in [0, 0.1) is 0 Å². The Bertz CT molecular complexity index is 357. The van der Waals surface area contributed by atoms with Crippen molar-refractivity contribution in [1.29, 1.82) is 0 Å². The van der Waals surface area contributed by atoms with Gasteiger partial charge in [-0.1, -0.05) is 48.3 Å². The molecule has 0 amide bonds. The van der Waals surface area contributed by atoms with Gasteiger partial charge in [0.15, 0.2) is 0 Å². The van der Waals surface area contributed by atoms with Crippen LogP contribution in [0.3, 0.4) is 0 Å². The molecule has 17 heavy (non-hydrogen) atoms. The van der Waals surface area contributed by atoms with E-state index >= 15 is 0 Å². The van der Waals surface area contributed by atoms with E-state index in [1.165, 1.54) is 0 Å². The molecule has 96 valence electrons. The van der Waals surface area contributed by atoms with E-state index in [4.69, 9.17) is 16.3 Å². The topological polar surface area (TPSA) is 21.3 Å². The Morgan fingerprint density at radius 1 is 1.41 bits per heavy atom. The first-order valence-corrected chi connectivity index (χ1v) is 7.05. The maximum Gasteiger partial charge on any atom is 0.139 e. The van der Waals surface area contributed by atoms with Crippen molar-refractivity contribution in [2.45, 2.75) is 39.3 Å². The molecule has 0 fully saturated rings. The lowest BCUT2D eigenvalue weighted by atomic mass is 10.2. The molecular formula is C13H19BrClNO. The van der Waals surface area contributed by atoms with Gasteiger partial charge in [0.1, 0.15) is 11.9 Å². The van der Waals surface area contributed by atoms with Gasteiger partial charge in [0.05, 0.1) is 5.02 Å². The first-order chi connectivity index (χ1) is 8.02. The molecule has 0 radical (unpaired) electrons. The fourth-order valence-electron chi connectivity index (χ4n) is 1.38. The van der Waals surface area contributed by atoms with Crippen molar-refractivity contribution in [3.05, 3.63) is 27.7 Å². The molecule has 1 unspecified atom stereocenters. The van der Waals surface area contributed by atoms with E-state index in [9.17, 15) is 0 Å². The second-order valence-electron chi connectivity index (χ2n) is 4.29. The first-order valence-electron chi connectivity index (χ1n) is 5.88. The molecule has 0 spiro atoms. The van der Waals surface area contributed by atoms with E-state index in [2.05, 4.69) is 42.0 Å². The van der Waals surface area contributed by atoms with Crippen LogP contribution in [0.2, 0.25) is 5.02 Å². The van der Waals surface area contributed by atoms with Crippen LogP contribution >= 0.6 is 27.5 Å². The fraction of sp³-hybridized carbons (Fsp3) is 0.538. The molecule has 0 aliphatic heterocycles. The fourth-order valence-corrected chi connectivity index (χ4v) is 1.89. The molecule has 0 saturated carbocycles. The third-order valence-corrected chi connectivity index (χ3v) is 3.20. The van der Waals surface area contributed by atoms with Crippen molar-refractivity contribution in [1.82, 2.24) is 5.32 Å². The quantitative estimate of drug-likeness (QED) is 0.845. The van der Waals surface area contributed by atoms with Gasteiger partial charge >= 0.3 is 0 Å². The highest BCUT2D eigenvalue weighted by Gasteiger charge is 2.11. The second-order valence-corrected chi connectivity index (χ2v) is 5.61. The molecule has 1 aromatic carbocycles. The summed E-state index contributed by atoms with van der Waals surface area (Å²) >= 11 is 9.51. The summed E-state index contributed by atoms with van der Waals surface area (Å²) in [5.74, 6) is 0.735. The number of nitrogens with one attached hydrogen (secondary N) is 1. The summed E-state index contributed by atoms with van der Waals surface area (Å²) in [6.45, 7) is 7.19. The minimum atomic E-state index is 0.143. The molecule has 0 saturated heterocycles. The highest BCUT2D eigenvalue weighted by Crippen LogP contribution is 2.29. The molecule has 4 heteroatoms. The van der Waals surface area contributed by atoms with Gasteiger partial charge in [-0.05, 0) is 24.6 Å². The van der Waals surface area contributed by atoms with Gasteiger partial charge < -0.3 is 10.1 Å². The van der Waals surface area contributed by atoms with Crippen molar-refractivity contribution < 1.29 is 4.74 Å². The summed E-state index contributed by atoms with van der Waals surface area (Å²) in [7, 11) is 0. The average molecular weight is 321 g/mol. The van der Waals surface area contributed by atoms with E-state index in [1.54, 1.807) is 0 Å². The number of hydrogen-bond acceptors (Lipinski definition) is 2. The molecule has 0 aliphatic carbocycles. The van der Waals surface area contributed by atoms with Crippen molar-refractivity contribution in [3.8, 4) is 5.75 Å². The standard InChI is InChI=1S/C13H19BrClNO/c1-4-11(8-16-9(2)3)17-13-7-10(14)5-6-12(13)15/h5-7,9,11,16H,4,8H2,1-3H3. The lowest BCUT2D eigenvalue weighted by Crippen LogP contribution is -2.34. The summed E-state index contributed by atoms with van der Waals surface area (Å²) in [4.78, 5) is 0. The smallest absolute Gasteiger partial charge is 0.139 e. The maximum absolute atomic E-state index is 6.09. The van der Waals surface area contributed by atoms with Gasteiger partial charge in [-0.3, -0.25) is 0 Å². The predicted molar refractivity (Wildman–Crippen MR) is 77.0 cm³/mol. The monoisotopic (exact) mass is 319 g/mol. The van der Waals surface area contributed by atoms with Crippen LogP contribution in [0.5, 0.6) is 5.75 Å². The number of benzene rings is 1. The third kappa shape index (κ3) is 5.28. The number of halogens is 2. The van der Waals surface area contributed by atoms with Crippen molar-refractivity contribution in [2.24, 2.45) is 0 Å². The predicted octanol–water partition coefficient (Wildman–Crippen LogP) is 4.26. The number of hydrogen-bond donors (Lipinski definition) is 1. The van der Waals surface area contributed by atoms with Gasteiger partial charge in [-0.15, -0.1) is 0 Å². The van der Waals surface area contributed by atoms with Gasteiger partial charge in [-0.2, -0.15) is 0 Å². The van der Waals surface area contributed by atoms with E-state index in [0.717, 1.165) is 23.2 Å². The van der Waals surface area contributed by atoms with Crippen LogP contribution in [0.1, 0.15) is 27.2 Å². The van der Waals surface area contributed by atoms with Crippen LogP contribution in [0.25, 0.3) is 0 Å². The molecule has 0 aromatic heterocycles. The Morgan fingerprint density at radius 3 is 2.71 bits per heavy atom. The van der Waals surface area contributed by atoms with E-state index in [-0.39, 0.29) is 6.10 Å². The lowest BCUT2D eigenvalue weighted by Gasteiger charge is -2.20.